The molecule has 0 radical (unpaired) electrons. The van der Waals surface area contributed by atoms with Crippen molar-refractivity contribution in [2.24, 2.45) is 0 Å². The molecule has 0 aliphatic rings. The number of hydrogen-bond acceptors (Lipinski definition) is 5. The van der Waals surface area contributed by atoms with Gasteiger partial charge in [-0.05, 0) is 49.4 Å². The van der Waals surface area contributed by atoms with E-state index in [1.165, 1.54) is 0 Å². The topological polar surface area (TPSA) is 64.6 Å². The highest BCUT2D eigenvalue weighted by atomic mass is 32.2. The van der Waals surface area contributed by atoms with Gasteiger partial charge in [0.1, 0.15) is 5.75 Å². The number of hydrogen-bond donors (Lipinski definition) is 1. The normalized spacial score (nSPS) is 10.2. The second kappa shape index (κ2) is 9.74. The van der Waals surface area contributed by atoms with E-state index in [0.29, 0.717) is 30.0 Å². The first-order valence-corrected chi connectivity index (χ1v) is 8.95. The Morgan fingerprint density at radius 3 is 2.56 bits per heavy atom. The summed E-state index contributed by atoms with van der Waals surface area (Å²) in [5, 5.41) is 2.80. The van der Waals surface area contributed by atoms with Crippen molar-refractivity contribution in [3.63, 3.8) is 0 Å². The molecular formula is C19H21NO4S. The minimum atomic E-state index is -0.395. The molecule has 0 aliphatic heterocycles. The third-order valence-electron chi connectivity index (χ3n) is 3.31. The van der Waals surface area contributed by atoms with Crippen molar-refractivity contribution < 1.29 is 19.1 Å². The number of esters is 1. The highest BCUT2D eigenvalue weighted by Crippen LogP contribution is 2.22. The molecule has 0 saturated heterocycles. The first-order chi connectivity index (χ1) is 12.1. The smallest absolute Gasteiger partial charge is 0.338 e. The molecule has 0 bridgehead atoms. The summed E-state index contributed by atoms with van der Waals surface area (Å²) in [5.41, 5.74) is 1.01. The molecule has 0 saturated carbocycles. The van der Waals surface area contributed by atoms with E-state index in [1.54, 1.807) is 50.1 Å². The Bertz CT molecular complexity index is 716. The van der Waals surface area contributed by atoms with Crippen molar-refractivity contribution in [1.29, 1.82) is 0 Å². The van der Waals surface area contributed by atoms with E-state index in [0.717, 1.165) is 10.6 Å². The van der Waals surface area contributed by atoms with Crippen molar-refractivity contribution in [3.05, 3.63) is 54.1 Å². The second-order valence-corrected chi connectivity index (χ2v) is 6.29. The van der Waals surface area contributed by atoms with Crippen molar-refractivity contribution >= 4 is 29.3 Å². The number of thioether (sulfide) groups is 1. The number of amides is 1. The SMILES string of the molecule is CCOC(=O)c1cccc(NC(=O)CCSc2ccc(OC)cc2)c1. The average Bonchev–Trinajstić information content (AvgIpc) is 2.62. The molecule has 0 fully saturated rings. The third kappa shape index (κ3) is 6.15. The highest BCUT2D eigenvalue weighted by molar-refractivity contribution is 7.99. The molecule has 132 valence electrons. The van der Waals surface area contributed by atoms with Crippen molar-refractivity contribution in [2.45, 2.75) is 18.2 Å². The van der Waals surface area contributed by atoms with E-state index in [1.807, 2.05) is 24.3 Å². The molecule has 2 aromatic rings. The second-order valence-electron chi connectivity index (χ2n) is 5.12. The van der Waals surface area contributed by atoms with Crippen LogP contribution in [0.1, 0.15) is 23.7 Å². The van der Waals surface area contributed by atoms with Crippen LogP contribution >= 0.6 is 11.8 Å². The number of carbonyl (C=O) groups excluding carboxylic acids is 2. The maximum absolute atomic E-state index is 12.0. The van der Waals surface area contributed by atoms with Gasteiger partial charge >= 0.3 is 5.97 Å². The van der Waals surface area contributed by atoms with Gasteiger partial charge in [0.05, 0.1) is 19.3 Å². The van der Waals surface area contributed by atoms with Gasteiger partial charge in [-0.3, -0.25) is 4.79 Å². The Balaban J connectivity index is 1.81. The largest absolute Gasteiger partial charge is 0.497 e. The fourth-order valence-electron chi connectivity index (χ4n) is 2.10. The minimum absolute atomic E-state index is 0.0954. The zero-order chi connectivity index (χ0) is 18.1. The lowest BCUT2D eigenvalue weighted by molar-refractivity contribution is -0.115. The maximum atomic E-state index is 12.0. The van der Waals surface area contributed by atoms with Crippen LogP contribution in [0.15, 0.2) is 53.4 Å². The summed E-state index contributed by atoms with van der Waals surface area (Å²) in [6.45, 7) is 2.07. The van der Waals surface area contributed by atoms with Crippen LogP contribution in [0.25, 0.3) is 0 Å². The van der Waals surface area contributed by atoms with Crippen LogP contribution in [0.4, 0.5) is 5.69 Å². The summed E-state index contributed by atoms with van der Waals surface area (Å²) in [7, 11) is 1.63. The number of methoxy groups -OCH3 is 1. The van der Waals surface area contributed by atoms with Crippen molar-refractivity contribution in [2.75, 3.05) is 24.8 Å². The van der Waals surface area contributed by atoms with Gasteiger partial charge in [0.25, 0.3) is 0 Å². The lowest BCUT2D eigenvalue weighted by Crippen LogP contribution is -2.13. The van der Waals surface area contributed by atoms with Gasteiger partial charge in [-0.15, -0.1) is 11.8 Å². The van der Waals surface area contributed by atoms with Gasteiger partial charge in [-0.1, -0.05) is 6.07 Å². The zero-order valence-electron chi connectivity index (χ0n) is 14.3. The van der Waals surface area contributed by atoms with Gasteiger partial charge < -0.3 is 14.8 Å². The summed E-state index contributed by atoms with van der Waals surface area (Å²) in [6.07, 6.45) is 0.375. The maximum Gasteiger partial charge on any atom is 0.338 e. The summed E-state index contributed by atoms with van der Waals surface area (Å²) in [4.78, 5) is 24.8. The average molecular weight is 359 g/mol. The molecule has 2 rings (SSSR count). The lowest BCUT2D eigenvalue weighted by atomic mass is 10.2. The number of carbonyl (C=O) groups is 2. The number of benzene rings is 2. The summed E-state index contributed by atoms with van der Waals surface area (Å²) >= 11 is 1.60. The molecule has 0 unspecified atom stereocenters. The van der Waals surface area contributed by atoms with Crippen molar-refractivity contribution in [1.82, 2.24) is 0 Å². The Kier molecular flexibility index (Phi) is 7.35. The van der Waals surface area contributed by atoms with Crippen LogP contribution in [-0.4, -0.2) is 31.3 Å². The predicted molar refractivity (Wildman–Crippen MR) is 99.4 cm³/mol. The first kappa shape index (κ1) is 18.9. The summed E-state index contributed by atoms with van der Waals surface area (Å²) in [6, 6.07) is 14.5. The monoisotopic (exact) mass is 359 g/mol. The molecule has 6 heteroatoms. The number of anilines is 1. The molecule has 0 heterocycles. The predicted octanol–water partition coefficient (Wildman–Crippen LogP) is 3.99. The lowest BCUT2D eigenvalue weighted by Gasteiger charge is -2.07. The highest BCUT2D eigenvalue weighted by Gasteiger charge is 2.08. The quantitative estimate of drug-likeness (QED) is 0.570. The molecule has 0 aliphatic carbocycles. The van der Waals surface area contributed by atoms with Gasteiger partial charge in [-0.25, -0.2) is 4.79 Å². The van der Waals surface area contributed by atoms with Crippen LogP contribution in [0.5, 0.6) is 5.75 Å². The van der Waals surface area contributed by atoms with Crippen LogP contribution in [0, 0.1) is 0 Å². The van der Waals surface area contributed by atoms with Gasteiger partial charge in [-0.2, -0.15) is 0 Å². The van der Waals surface area contributed by atoms with Crippen LogP contribution < -0.4 is 10.1 Å². The molecule has 1 N–H and O–H groups in total. The van der Waals surface area contributed by atoms with Gasteiger partial charge in [0.2, 0.25) is 5.91 Å². The molecule has 5 nitrogen and oxygen atoms in total. The van der Waals surface area contributed by atoms with Gasteiger partial charge in [0, 0.05) is 22.8 Å². The first-order valence-electron chi connectivity index (χ1n) is 7.96. The summed E-state index contributed by atoms with van der Waals surface area (Å²) in [5.74, 6) is 0.981. The summed E-state index contributed by atoms with van der Waals surface area (Å²) < 4.78 is 10.1. The zero-order valence-corrected chi connectivity index (χ0v) is 15.1. The van der Waals surface area contributed by atoms with E-state index >= 15 is 0 Å². The Hall–Kier alpha value is -2.47. The Morgan fingerprint density at radius 2 is 1.88 bits per heavy atom. The fraction of sp³-hybridized carbons (Fsp3) is 0.263. The number of ether oxygens (including phenoxy) is 2. The van der Waals surface area contributed by atoms with Crippen molar-refractivity contribution in [3.8, 4) is 5.75 Å². The minimum Gasteiger partial charge on any atom is -0.497 e. The van der Waals surface area contributed by atoms with E-state index in [9.17, 15) is 9.59 Å². The number of rotatable bonds is 8. The molecule has 25 heavy (non-hydrogen) atoms. The van der Waals surface area contributed by atoms with Gasteiger partial charge in [0.15, 0.2) is 0 Å². The van der Waals surface area contributed by atoms with Crippen LogP contribution in [-0.2, 0) is 9.53 Å². The molecule has 1 amide bonds. The van der Waals surface area contributed by atoms with Crippen LogP contribution in [0.3, 0.4) is 0 Å². The molecule has 0 spiro atoms. The number of nitrogens with one attached hydrogen (secondary N) is 1. The van der Waals surface area contributed by atoms with Crippen LogP contribution in [0.2, 0.25) is 0 Å². The molecule has 0 aromatic heterocycles. The standard InChI is InChI=1S/C19H21NO4S/c1-3-24-19(22)14-5-4-6-15(13-14)20-18(21)11-12-25-17-9-7-16(23-2)8-10-17/h4-10,13H,3,11-12H2,1-2H3,(H,20,21). The fourth-order valence-corrected chi connectivity index (χ4v) is 2.95. The molecular weight excluding hydrogens is 338 g/mol. The van der Waals surface area contributed by atoms with E-state index in [4.69, 9.17) is 9.47 Å². The third-order valence-corrected chi connectivity index (χ3v) is 4.33. The molecule has 0 atom stereocenters. The Labute approximate surface area is 151 Å². The Morgan fingerprint density at radius 1 is 1.12 bits per heavy atom. The van der Waals surface area contributed by atoms with E-state index < -0.39 is 5.97 Å². The van der Waals surface area contributed by atoms with E-state index in [2.05, 4.69) is 5.32 Å². The molecule has 2 aromatic carbocycles. The van der Waals surface area contributed by atoms with E-state index in [-0.39, 0.29) is 5.91 Å².